The molecule has 0 radical (unpaired) electrons. The fraction of sp³-hybridized carbons (Fsp3) is 0.429. The quantitative estimate of drug-likeness (QED) is 0.699. The van der Waals surface area contributed by atoms with E-state index in [0.29, 0.717) is 11.7 Å². The van der Waals surface area contributed by atoms with Crippen molar-refractivity contribution in [2.24, 2.45) is 0 Å². The monoisotopic (exact) mass is 370 g/mol. The molecule has 2 aromatic rings. The molecule has 144 valence electrons. The van der Waals surface area contributed by atoms with Gasteiger partial charge in [0.15, 0.2) is 0 Å². The van der Waals surface area contributed by atoms with E-state index >= 15 is 0 Å². The van der Waals surface area contributed by atoms with Crippen LogP contribution in [-0.4, -0.2) is 35.4 Å². The number of hydrogen-bond acceptors (Lipinski definition) is 4. The third kappa shape index (κ3) is 5.58. The molecular weight excluding hydrogens is 343 g/mol. The molecule has 1 aliphatic heterocycles. The van der Waals surface area contributed by atoms with Gasteiger partial charge in [0.2, 0.25) is 0 Å². The summed E-state index contributed by atoms with van der Waals surface area (Å²) in [6, 6.07) is 12.7. The van der Waals surface area contributed by atoms with Gasteiger partial charge in [-0.15, -0.1) is 0 Å². The SMILES string of the molecule is CN(CCCCCC1CC(c2ccc(F)cc2)NN1)C(=O)c1ccccn1. The molecule has 2 atom stereocenters. The number of rotatable bonds is 8. The fourth-order valence-corrected chi connectivity index (χ4v) is 3.43. The molecule has 1 amide bonds. The van der Waals surface area contributed by atoms with Crippen molar-refractivity contribution in [2.45, 2.75) is 44.2 Å². The number of pyridine rings is 1. The van der Waals surface area contributed by atoms with Gasteiger partial charge in [0.05, 0.1) is 0 Å². The Morgan fingerprint density at radius 3 is 2.70 bits per heavy atom. The lowest BCUT2D eigenvalue weighted by Gasteiger charge is -2.16. The third-order valence-corrected chi connectivity index (χ3v) is 5.03. The second kappa shape index (κ2) is 9.58. The Bertz CT molecular complexity index is 723. The molecule has 5 nitrogen and oxygen atoms in total. The molecule has 3 rings (SSSR count). The van der Waals surface area contributed by atoms with Crippen LogP contribution in [0.4, 0.5) is 4.39 Å². The Morgan fingerprint density at radius 1 is 1.15 bits per heavy atom. The van der Waals surface area contributed by atoms with Crippen molar-refractivity contribution in [1.82, 2.24) is 20.7 Å². The zero-order valence-corrected chi connectivity index (χ0v) is 15.7. The summed E-state index contributed by atoms with van der Waals surface area (Å²) in [6.07, 6.45) is 6.91. The molecule has 1 aromatic heterocycles. The highest BCUT2D eigenvalue weighted by Crippen LogP contribution is 2.24. The molecule has 2 heterocycles. The number of carbonyl (C=O) groups is 1. The summed E-state index contributed by atoms with van der Waals surface area (Å²) in [5.74, 6) is -0.229. The van der Waals surface area contributed by atoms with Crippen LogP contribution in [0.15, 0.2) is 48.7 Å². The van der Waals surface area contributed by atoms with Gasteiger partial charge in [0, 0.05) is 31.9 Å². The third-order valence-electron chi connectivity index (χ3n) is 5.03. The second-order valence-corrected chi connectivity index (χ2v) is 7.12. The van der Waals surface area contributed by atoms with E-state index in [0.717, 1.165) is 44.2 Å². The number of halogens is 1. The zero-order valence-electron chi connectivity index (χ0n) is 15.7. The molecule has 0 bridgehead atoms. The molecular formula is C21H27FN4O. The normalized spacial score (nSPS) is 19.2. The van der Waals surface area contributed by atoms with E-state index in [4.69, 9.17) is 0 Å². The van der Waals surface area contributed by atoms with Crippen molar-refractivity contribution >= 4 is 5.91 Å². The van der Waals surface area contributed by atoms with E-state index in [-0.39, 0.29) is 17.8 Å². The number of unbranched alkanes of at least 4 members (excludes halogenated alkanes) is 2. The minimum atomic E-state index is -0.201. The van der Waals surface area contributed by atoms with Crippen LogP contribution in [0.25, 0.3) is 0 Å². The van der Waals surface area contributed by atoms with Gasteiger partial charge in [-0.25, -0.2) is 4.39 Å². The first-order valence-electron chi connectivity index (χ1n) is 9.56. The molecule has 0 spiro atoms. The van der Waals surface area contributed by atoms with Crippen LogP contribution in [-0.2, 0) is 0 Å². The first-order valence-corrected chi connectivity index (χ1v) is 9.56. The molecule has 0 aliphatic carbocycles. The average Bonchev–Trinajstić information content (AvgIpc) is 3.17. The van der Waals surface area contributed by atoms with Gasteiger partial charge in [0.25, 0.3) is 5.91 Å². The standard InChI is InChI=1S/C21H27FN4O/c1-26(21(27)19-8-4-5-13-23-19)14-6-2-3-7-18-15-20(25-24-18)16-9-11-17(22)12-10-16/h4-5,8-13,18,20,24-25H,2-3,6-7,14-15H2,1H3. The van der Waals surface area contributed by atoms with Crippen LogP contribution < -0.4 is 10.9 Å². The van der Waals surface area contributed by atoms with Crippen molar-refractivity contribution < 1.29 is 9.18 Å². The van der Waals surface area contributed by atoms with Gasteiger partial charge in [-0.2, -0.15) is 0 Å². The summed E-state index contributed by atoms with van der Waals surface area (Å²) in [4.78, 5) is 18.1. The number of hydrogen-bond donors (Lipinski definition) is 2. The van der Waals surface area contributed by atoms with E-state index in [1.54, 1.807) is 17.2 Å². The van der Waals surface area contributed by atoms with E-state index in [2.05, 4.69) is 15.8 Å². The minimum Gasteiger partial charge on any atom is -0.340 e. The Morgan fingerprint density at radius 2 is 1.96 bits per heavy atom. The molecule has 1 saturated heterocycles. The van der Waals surface area contributed by atoms with Gasteiger partial charge in [-0.05, 0) is 49.1 Å². The van der Waals surface area contributed by atoms with Crippen molar-refractivity contribution in [3.8, 4) is 0 Å². The van der Waals surface area contributed by atoms with Crippen molar-refractivity contribution in [3.05, 3.63) is 65.7 Å². The zero-order chi connectivity index (χ0) is 19.1. The lowest BCUT2D eigenvalue weighted by atomic mass is 9.99. The van der Waals surface area contributed by atoms with E-state index in [1.165, 1.54) is 12.1 Å². The molecule has 2 N–H and O–H groups in total. The van der Waals surface area contributed by atoms with E-state index < -0.39 is 0 Å². The predicted molar refractivity (Wildman–Crippen MR) is 103 cm³/mol. The largest absolute Gasteiger partial charge is 0.340 e. The summed E-state index contributed by atoms with van der Waals surface area (Å²) in [5.41, 5.74) is 8.25. The van der Waals surface area contributed by atoms with Crippen molar-refractivity contribution in [2.75, 3.05) is 13.6 Å². The maximum absolute atomic E-state index is 13.0. The Hall–Kier alpha value is -2.31. The number of aromatic nitrogens is 1. The molecule has 6 heteroatoms. The maximum atomic E-state index is 13.0. The number of benzene rings is 1. The Balaban J connectivity index is 1.31. The van der Waals surface area contributed by atoms with Crippen molar-refractivity contribution in [3.63, 3.8) is 0 Å². The van der Waals surface area contributed by atoms with Crippen LogP contribution in [0.3, 0.4) is 0 Å². The van der Waals surface area contributed by atoms with E-state index in [1.807, 2.05) is 31.3 Å². The average molecular weight is 370 g/mol. The number of nitrogens with one attached hydrogen (secondary N) is 2. The van der Waals surface area contributed by atoms with Crippen LogP contribution in [0.5, 0.6) is 0 Å². The smallest absolute Gasteiger partial charge is 0.272 e. The van der Waals surface area contributed by atoms with Gasteiger partial charge in [-0.3, -0.25) is 20.6 Å². The van der Waals surface area contributed by atoms with Gasteiger partial charge >= 0.3 is 0 Å². The summed E-state index contributed by atoms with van der Waals surface area (Å²) < 4.78 is 13.0. The highest BCUT2D eigenvalue weighted by Gasteiger charge is 2.24. The molecule has 27 heavy (non-hydrogen) atoms. The molecule has 1 aromatic carbocycles. The lowest BCUT2D eigenvalue weighted by molar-refractivity contribution is 0.0786. The molecule has 1 fully saturated rings. The summed E-state index contributed by atoms with van der Waals surface area (Å²) >= 11 is 0. The summed E-state index contributed by atoms with van der Waals surface area (Å²) in [5, 5.41) is 0. The van der Waals surface area contributed by atoms with Crippen LogP contribution in [0.2, 0.25) is 0 Å². The number of amides is 1. The maximum Gasteiger partial charge on any atom is 0.272 e. The van der Waals surface area contributed by atoms with Crippen LogP contribution in [0.1, 0.15) is 54.2 Å². The minimum absolute atomic E-state index is 0.0283. The van der Waals surface area contributed by atoms with Crippen molar-refractivity contribution in [1.29, 1.82) is 0 Å². The topological polar surface area (TPSA) is 57.3 Å². The van der Waals surface area contributed by atoms with Gasteiger partial charge < -0.3 is 4.90 Å². The Kier molecular flexibility index (Phi) is 6.90. The fourth-order valence-electron chi connectivity index (χ4n) is 3.43. The second-order valence-electron chi connectivity index (χ2n) is 7.12. The van der Waals surface area contributed by atoms with Crippen LogP contribution in [0, 0.1) is 5.82 Å². The molecule has 0 saturated carbocycles. The highest BCUT2D eigenvalue weighted by molar-refractivity contribution is 5.91. The molecule has 2 unspecified atom stereocenters. The van der Waals surface area contributed by atoms with Crippen LogP contribution >= 0.6 is 0 Å². The lowest BCUT2D eigenvalue weighted by Crippen LogP contribution is -2.31. The number of nitrogens with zero attached hydrogens (tertiary/aromatic N) is 2. The summed E-state index contributed by atoms with van der Waals surface area (Å²) in [6.45, 7) is 0.740. The van der Waals surface area contributed by atoms with Gasteiger partial charge in [0.1, 0.15) is 11.5 Å². The molecule has 1 aliphatic rings. The Labute approximate surface area is 160 Å². The predicted octanol–water partition coefficient (Wildman–Crippen LogP) is 3.46. The van der Waals surface area contributed by atoms with E-state index in [9.17, 15) is 9.18 Å². The summed E-state index contributed by atoms with van der Waals surface area (Å²) in [7, 11) is 1.83. The van der Waals surface area contributed by atoms with Gasteiger partial charge in [-0.1, -0.05) is 31.0 Å². The first kappa shape index (κ1) is 19.5. The number of carbonyl (C=O) groups excluding carboxylic acids is 1. The first-order chi connectivity index (χ1) is 13.1. The highest BCUT2D eigenvalue weighted by atomic mass is 19.1. The number of hydrazine groups is 1.